The monoisotopic (exact) mass is 235 g/mol. The van der Waals surface area contributed by atoms with E-state index in [-0.39, 0.29) is 11.8 Å². The second-order valence-corrected chi connectivity index (χ2v) is 3.57. The minimum Gasteiger partial charge on any atom is -0.309 e. The van der Waals surface area contributed by atoms with Gasteiger partial charge in [0.05, 0.1) is 5.92 Å². The molecule has 0 saturated carbocycles. The quantitative estimate of drug-likeness (QED) is 0.671. The van der Waals surface area contributed by atoms with Crippen molar-refractivity contribution in [3.63, 3.8) is 0 Å². The zero-order chi connectivity index (χ0) is 13.4. The van der Waals surface area contributed by atoms with Crippen LogP contribution in [-0.4, -0.2) is 11.9 Å². The fraction of sp³-hybridized carbons (Fsp3) is 0.533. The molecule has 2 atom stereocenters. The van der Waals surface area contributed by atoms with Gasteiger partial charge in [-0.15, -0.1) is 0 Å². The Kier molecular flexibility index (Phi) is 7.27. The van der Waals surface area contributed by atoms with Crippen molar-refractivity contribution < 1.29 is 4.79 Å². The summed E-state index contributed by atoms with van der Waals surface area (Å²) in [5.74, 6) is 0.416. The van der Waals surface area contributed by atoms with Crippen LogP contribution in [0.5, 0.6) is 0 Å². The number of carbonyl (C=O) groups excluding carboxylic acids is 1. The minimum atomic E-state index is 0.181. The number of hydrogen-bond acceptors (Lipinski definition) is 1. The first-order valence-corrected chi connectivity index (χ1v) is 6.60. The highest BCUT2D eigenvalue weighted by molar-refractivity contribution is 6.02. The molecule has 2 rings (SSSR count). The van der Waals surface area contributed by atoms with Crippen LogP contribution in [-0.2, 0) is 4.79 Å². The predicted molar refractivity (Wildman–Crippen MR) is 75.3 cm³/mol. The van der Waals surface area contributed by atoms with Crippen LogP contribution in [0, 0.1) is 5.92 Å². The molecule has 2 heteroatoms. The minimum absolute atomic E-state index is 0.181. The van der Waals surface area contributed by atoms with Crippen LogP contribution in [0.15, 0.2) is 30.3 Å². The van der Waals surface area contributed by atoms with Gasteiger partial charge in [-0.05, 0) is 19.1 Å². The molecule has 1 fully saturated rings. The zero-order valence-corrected chi connectivity index (χ0v) is 11.9. The molecule has 0 aliphatic carbocycles. The van der Waals surface area contributed by atoms with Gasteiger partial charge in [0, 0.05) is 11.7 Å². The number of anilines is 1. The molecule has 1 aromatic rings. The van der Waals surface area contributed by atoms with Gasteiger partial charge in [-0.25, -0.2) is 0 Å². The highest BCUT2D eigenvalue weighted by atomic mass is 16.2. The zero-order valence-electron chi connectivity index (χ0n) is 11.9. The molecule has 1 aliphatic rings. The molecule has 1 amide bonds. The standard InChI is InChI=1S/C11H13NO.2C2H6/c1-8-9(2)12(11(8)13)10-6-4-3-5-7-10;2*1-2/h3-9H,1-2H3;2*1-2H3. The van der Waals surface area contributed by atoms with Crippen molar-refractivity contribution in [2.75, 3.05) is 4.90 Å². The SMILES string of the molecule is CC.CC.CC1C(=O)N(c2ccccc2)C1C. The Balaban J connectivity index is 0.000000581. The van der Waals surface area contributed by atoms with Crippen LogP contribution in [0.1, 0.15) is 41.5 Å². The van der Waals surface area contributed by atoms with Gasteiger partial charge < -0.3 is 4.90 Å². The van der Waals surface area contributed by atoms with Gasteiger partial charge in [-0.3, -0.25) is 4.79 Å². The third kappa shape index (κ3) is 3.32. The summed E-state index contributed by atoms with van der Waals surface area (Å²) in [7, 11) is 0. The Morgan fingerprint density at radius 1 is 0.941 bits per heavy atom. The number of para-hydroxylation sites is 1. The molecule has 2 nitrogen and oxygen atoms in total. The molecule has 96 valence electrons. The van der Waals surface area contributed by atoms with E-state index in [1.54, 1.807) is 0 Å². The van der Waals surface area contributed by atoms with Crippen LogP contribution in [0.3, 0.4) is 0 Å². The lowest BCUT2D eigenvalue weighted by Gasteiger charge is -2.43. The molecular weight excluding hydrogens is 210 g/mol. The summed E-state index contributed by atoms with van der Waals surface area (Å²) < 4.78 is 0. The molecule has 2 unspecified atom stereocenters. The van der Waals surface area contributed by atoms with E-state index in [4.69, 9.17) is 0 Å². The highest BCUT2D eigenvalue weighted by Gasteiger charge is 2.41. The molecule has 0 aromatic heterocycles. The highest BCUT2D eigenvalue weighted by Crippen LogP contribution is 2.31. The van der Waals surface area contributed by atoms with Crippen LogP contribution in [0.4, 0.5) is 5.69 Å². The van der Waals surface area contributed by atoms with Crippen LogP contribution >= 0.6 is 0 Å². The van der Waals surface area contributed by atoms with Crippen LogP contribution in [0.25, 0.3) is 0 Å². The van der Waals surface area contributed by atoms with Gasteiger partial charge in [0.2, 0.25) is 5.91 Å². The average Bonchev–Trinajstić information content (AvgIpc) is 2.44. The van der Waals surface area contributed by atoms with E-state index in [0.717, 1.165) is 5.69 Å². The molecule has 0 spiro atoms. The van der Waals surface area contributed by atoms with Crippen molar-refractivity contribution in [2.24, 2.45) is 5.92 Å². The van der Waals surface area contributed by atoms with Gasteiger partial charge in [0.25, 0.3) is 0 Å². The molecule has 1 aliphatic heterocycles. The Morgan fingerprint density at radius 3 is 1.82 bits per heavy atom. The van der Waals surface area contributed by atoms with E-state index in [1.165, 1.54) is 0 Å². The van der Waals surface area contributed by atoms with E-state index in [2.05, 4.69) is 6.92 Å². The Bertz CT molecular complexity index is 321. The van der Waals surface area contributed by atoms with Crippen molar-refractivity contribution in [1.29, 1.82) is 0 Å². The third-order valence-electron chi connectivity index (χ3n) is 2.79. The first-order valence-electron chi connectivity index (χ1n) is 6.60. The molecule has 0 N–H and O–H groups in total. The lowest BCUT2D eigenvalue weighted by atomic mass is 9.90. The topological polar surface area (TPSA) is 20.3 Å². The summed E-state index contributed by atoms with van der Waals surface area (Å²) in [4.78, 5) is 13.4. The molecule has 0 bridgehead atoms. The molecule has 0 radical (unpaired) electrons. The van der Waals surface area contributed by atoms with Crippen molar-refractivity contribution in [2.45, 2.75) is 47.6 Å². The Hall–Kier alpha value is -1.31. The van der Waals surface area contributed by atoms with Crippen molar-refractivity contribution >= 4 is 11.6 Å². The van der Waals surface area contributed by atoms with Crippen LogP contribution < -0.4 is 4.90 Å². The smallest absolute Gasteiger partial charge is 0.232 e. The first-order chi connectivity index (χ1) is 8.22. The van der Waals surface area contributed by atoms with E-state index >= 15 is 0 Å². The summed E-state index contributed by atoms with van der Waals surface area (Å²) >= 11 is 0. The third-order valence-corrected chi connectivity index (χ3v) is 2.79. The summed E-state index contributed by atoms with van der Waals surface area (Å²) in [6.07, 6.45) is 0. The molecular formula is C15H25NO. The molecule has 1 heterocycles. The van der Waals surface area contributed by atoms with Gasteiger partial charge in [0.1, 0.15) is 0 Å². The van der Waals surface area contributed by atoms with E-state index in [0.29, 0.717) is 6.04 Å². The summed E-state index contributed by atoms with van der Waals surface area (Å²) in [5.41, 5.74) is 1.01. The molecule has 1 aromatic carbocycles. The summed E-state index contributed by atoms with van der Waals surface area (Å²) in [6, 6.07) is 10.2. The van der Waals surface area contributed by atoms with E-state index < -0.39 is 0 Å². The van der Waals surface area contributed by atoms with Gasteiger partial charge >= 0.3 is 0 Å². The van der Waals surface area contributed by atoms with Crippen molar-refractivity contribution in [1.82, 2.24) is 0 Å². The average molecular weight is 235 g/mol. The maximum Gasteiger partial charge on any atom is 0.232 e. The first kappa shape index (κ1) is 15.7. The van der Waals surface area contributed by atoms with Gasteiger partial charge in [0.15, 0.2) is 0 Å². The lowest BCUT2D eigenvalue weighted by Crippen LogP contribution is -2.58. The number of benzene rings is 1. The maximum atomic E-state index is 11.5. The maximum absolute atomic E-state index is 11.5. The fourth-order valence-corrected chi connectivity index (χ4v) is 1.72. The number of rotatable bonds is 1. The van der Waals surface area contributed by atoms with Gasteiger partial charge in [-0.2, -0.15) is 0 Å². The van der Waals surface area contributed by atoms with Crippen LogP contribution in [0.2, 0.25) is 0 Å². The second-order valence-electron chi connectivity index (χ2n) is 3.57. The largest absolute Gasteiger partial charge is 0.309 e. The van der Waals surface area contributed by atoms with Gasteiger partial charge in [-0.1, -0.05) is 52.8 Å². The molecule has 1 saturated heterocycles. The lowest BCUT2D eigenvalue weighted by molar-refractivity contribution is -0.128. The Morgan fingerprint density at radius 2 is 1.41 bits per heavy atom. The number of carbonyl (C=O) groups is 1. The van der Waals surface area contributed by atoms with Crippen molar-refractivity contribution in [3.8, 4) is 0 Å². The van der Waals surface area contributed by atoms with E-state index in [9.17, 15) is 4.79 Å². The Labute approximate surface area is 106 Å². The predicted octanol–water partition coefficient (Wildman–Crippen LogP) is 4.11. The van der Waals surface area contributed by atoms with Crippen molar-refractivity contribution in [3.05, 3.63) is 30.3 Å². The fourth-order valence-electron chi connectivity index (χ4n) is 1.72. The van der Waals surface area contributed by atoms with E-state index in [1.807, 2.05) is 69.9 Å². The second kappa shape index (κ2) is 7.88. The number of β-lactam (4-membered cyclic amide) rings is 1. The molecule has 17 heavy (non-hydrogen) atoms. The number of nitrogens with zero attached hydrogens (tertiary/aromatic N) is 1. The summed E-state index contributed by atoms with van der Waals surface area (Å²) in [6.45, 7) is 12.1. The number of hydrogen-bond donors (Lipinski definition) is 0. The number of amides is 1. The summed E-state index contributed by atoms with van der Waals surface area (Å²) in [5, 5.41) is 0. The normalized spacial score (nSPS) is 21.5.